The van der Waals surface area contributed by atoms with Crippen molar-refractivity contribution in [2.24, 2.45) is 10.6 Å². The molecular weight excluding hydrogens is 184 g/mol. The predicted octanol–water partition coefficient (Wildman–Crippen LogP) is 1.22. The SMILES string of the molecule is CC(C)(C)C(=O)NCCCC(=O)N=O. The van der Waals surface area contributed by atoms with Crippen LogP contribution in [0.3, 0.4) is 0 Å². The van der Waals surface area contributed by atoms with E-state index in [0.29, 0.717) is 13.0 Å². The van der Waals surface area contributed by atoms with Gasteiger partial charge in [-0.3, -0.25) is 9.59 Å². The van der Waals surface area contributed by atoms with E-state index in [1.807, 2.05) is 0 Å². The van der Waals surface area contributed by atoms with E-state index in [1.54, 1.807) is 20.8 Å². The van der Waals surface area contributed by atoms with E-state index in [4.69, 9.17) is 0 Å². The van der Waals surface area contributed by atoms with E-state index in [9.17, 15) is 14.5 Å². The first-order valence-electron chi connectivity index (χ1n) is 4.52. The molecule has 0 aromatic heterocycles. The van der Waals surface area contributed by atoms with Crippen LogP contribution in [0.15, 0.2) is 5.18 Å². The second-order valence-corrected chi connectivity index (χ2v) is 4.09. The molecule has 5 nitrogen and oxygen atoms in total. The van der Waals surface area contributed by atoms with E-state index in [2.05, 4.69) is 10.5 Å². The van der Waals surface area contributed by atoms with Gasteiger partial charge < -0.3 is 5.32 Å². The number of carbonyl (C=O) groups excluding carboxylic acids is 2. The van der Waals surface area contributed by atoms with Crippen LogP contribution in [0.25, 0.3) is 0 Å². The van der Waals surface area contributed by atoms with Gasteiger partial charge in [-0.2, -0.15) is 0 Å². The highest BCUT2D eigenvalue weighted by atomic mass is 16.3. The summed E-state index contributed by atoms with van der Waals surface area (Å²) in [5, 5.41) is 4.92. The Morgan fingerprint density at radius 3 is 2.29 bits per heavy atom. The summed E-state index contributed by atoms with van der Waals surface area (Å²) in [6, 6.07) is 0. The molecule has 14 heavy (non-hydrogen) atoms. The fourth-order valence-electron chi connectivity index (χ4n) is 0.752. The van der Waals surface area contributed by atoms with Crippen molar-refractivity contribution in [3.8, 4) is 0 Å². The van der Waals surface area contributed by atoms with Gasteiger partial charge in [0.15, 0.2) is 0 Å². The minimum atomic E-state index is -0.671. The number of amides is 2. The lowest BCUT2D eigenvalue weighted by molar-refractivity contribution is -0.128. The van der Waals surface area contributed by atoms with Crippen LogP contribution >= 0.6 is 0 Å². The molecule has 2 amide bonds. The predicted molar refractivity (Wildman–Crippen MR) is 52.5 cm³/mol. The zero-order valence-corrected chi connectivity index (χ0v) is 8.79. The molecule has 0 saturated heterocycles. The van der Waals surface area contributed by atoms with E-state index in [0.717, 1.165) is 0 Å². The molecule has 0 aromatic carbocycles. The number of nitrogens with zero attached hydrogens (tertiary/aromatic N) is 1. The quantitative estimate of drug-likeness (QED) is 0.547. The molecule has 80 valence electrons. The summed E-state index contributed by atoms with van der Waals surface area (Å²) in [5.74, 6) is -0.737. The van der Waals surface area contributed by atoms with Crippen molar-refractivity contribution in [1.29, 1.82) is 0 Å². The molecule has 0 bridgehead atoms. The Morgan fingerprint density at radius 2 is 1.86 bits per heavy atom. The van der Waals surface area contributed by atoms with Crippen molar-refractivity contribution in [1.82, 2.24) is 5.32 Å². The second-order valence-electron chi connectivity index (χ2n) is 4.09. The van der Waals surface area contributed by atoms with E-state index >= 15 is 0 Å². The summed E-state index contributed by atoms with van der Waals surface area (Å²) in [4.78, 5) is 31.5. The second kappa shape index (κ2) is 5.47. The molecule has 0 heterocycles. The number of hydrogen-bond acceptors (Lipinski definition) is 3. The molecule has 5 heteroatoms. The van der Waals surface area contributed by atoms with Gasteiger partial charge in [0.2, 0.25) is 5.91 Å². The van der Waals surface area contributed by atoms with Gasteiger partial charge in [-0.1, -0.05) is 20.8 Å². The van der Waals surface area contributed by atoms with Crippen molar-refractivity contribution in [3.63, 3.8) is 0 Å². The highest BCUT2D eigenvalue weighted by molar-refractivity contribution is 5.81. The molecule has 0 unspecified atom stereocenters. The van der Waals surface area contributed by atoms with Gasteiger partial charge in [0.1, 0.15) is 0 Å². The number of nitrogens with one attached hydrogen (secondary N) is 1. The molecule has 0 atom stereocenters. The van der Waals surface area contributed by atoms with Gasteiger partial charge in [0, 0.05) is 23.6 Å². The molecule has 0 aliphatic rings. The van der Waals surface area contributed by atoms with Gasteiger partial charge in [-0.25, -0.2) is 0 Å². The van der Waals surface area contributed by atoms with Crippen molar-refractivity contribution < 1.29 is 9.59 Å². The molecule has 0 radical (unpaired) electrons. The monoisotopic (exact) mass is 200 g/mol. The average molecular weight is 200 g/mol. The third kappa shape index (κ3) is 5.40. The first-order valence-corrected chi connectivity index (χ1v) is 4.52. The maximum Gasteiger partial charge on any atom is 0.286 e. The Labute approximate surface area is 83.2 Å². The van der Waals surface area contributed by atoms with Crippen molar-refractivity contribution in [2.75, 3.05) is 6.54 Å². The zero-order valence-electron chi connectivity index (χ0n) is 8.79. The van der Waals surface area contributed by atoms with E-state index in [-0.39, 0.29) is 12.3 Å². The summed E-state index contributed by atoms with van der Waals surface area (Å²) in [7, 11) is 0. The lowest BCUT2D eigenvalue weighted by Gasteiger charge is -2.17. The largest absolute Gasteiger partial charge is 0.356 e. The highest BCUT2D eigenvalue weighted by Crippen LogP contribution is 2.12. The summed E-state index contributed by atoms with van der Waals surface area (Å²) >= 11 is 0. The summed E-state index contributed by atoms with van der Waals surface area (Å²) < 4.78 is 0. The molecule has 0 saturated carbocycles. The summed E-state index contributed by atoms with van der Waals surface area (Å²) in [6.45, 7) is 5.82. The number of carbonyl (C=O) groups is 2. The van der Waals surface area contributed by atoms with Gasteiger partial charge in [0.25, 0.3) is 5.91 Å². The molecule has 0 aromatic rings. The van der Waals surface area contributed by atoms with Gasteiger partial charge in [-0.15, -0.1) is 4.91 Å². The first kappa shape index (κ1) is 12.7. The van der Waals surface area contributed by atoms with Crippen molar-refractivity contribution in [2.45, 2.75) is 33.6 Å². The molecule has 0 fully saturated rings. The molecule has 0 rings (SSSR count). The maximum absolute atomic E-state index is 11.3. The van der Waals surface area contributed by atoms with Crippen LogP contribution < -0.4 is 5.32 Å². The standard InChI is InChI=1S/C9H16N2O3/c1-9(2,3)8(13)10-6-4-5-7(12)11-14/h4-6H2,1-3H3,(H,10,13). The van der Waals surface area contributed by atoms with Crippen LogP contribution in [-0.2, 0) is 9.59 Å². The van der Waals surface area contributed by atoms with Crippen molar-refractivity contribution >= 4 is 11.8 Å². The van der Waals surface area contributed by atoms with E-state index < -0.39 is 11.3 Å². The Hall–Kier alpha value is -1.26. The Morgan fingerprint density at radius 1 is 1.29 bits per heavy atom. The topological polar surface area (TPSA) is 75.6 Å². The van der Waals surface area contributed by atoms with Crippen LogP contribution in [0.1, 0.15) is 33.6 Å². The van der Waals surface area contributed by atoms with Crippen LogP contribution in [0.5, 0.6) is 0 Å². The molecule has 0 aliphatic carbocycles. The third-order valence-corrected chi connectivity index (χ3v) is 1.64. The third-order valence-electron chi connectivity index (χ3n) is 1.64. The van der Waals surface area contributed by atoms with Gasteiger partial charge in [-0.05, 0) is 6.42 Å². The normalized spacial score (nSPS) is 10.8. The number of rotatable bonds is 4. The van der Waals surface area contributed by atoms with Crippen LogP contribution in [0.4, 0.5) is 0 Å². The lowest BCUT2D eigenvalue weighted by Crippen LogP contribution is -2.35. The Bertz CT molecular complexity index is 231. The summed E-state index contributed by atoms with van der Waals surface area (Å²) in [6.07, 6.45) is 0.542. The minimum absolute atomic E-state index is 0.0657. The minimum Gasteiger partial charge on any atom is -0.356 e. The molecule has 1 N–H and O–H groups in total. The Balaban J connectivity index is 3.61. The molecular formula is C9H16N2O3. The van der Waals surface area contributed by atoms with Crippen LogP contribution in [-0.4, -0.2) is 18.4 Å². The van der Waals surface area contributed by atoms with Gasteiger partial charge in [0.05, 0.1) is 0 Å². The lowest BCUT2D eigenvalue weighted by atomic mass is 9.96. The number of nitroso groups, excluding NO2 is 1. The highest BCUT2D eigenvalue weighted by Gasteiger charge is 2.20. The average Bonchev–Trinajstić information content (AvgIpc) is 2.09. The van der Waals surface area contributed by atoms with E-state index in [1.165, 1.54) is 0 Å². The molecule has 0 aliphatic heterocycles. The van der Waals surface area contributed by atoms with Crippen molar-refractivity contribution in [3.05, 3.63) is 4.91 Å². The fourth-order valence-corrected chi connectivity index (χ4v) is 0.752. The molecule has 0 spiro atoms. The first-order chi connectivity index (χ1) is 6.38. The Kier molecular flexibility index (Phi) is 4.97. The van der Waals surface area contributed by atoms with Gasteiger partial charge >= 0.3 is 0 Å². The fraction of sp³-hybridized carbons (Fsp3) is 0.778. The number of hydrogen-bond donors (Lipinski definition) is 1. The summed E-state index contributed by atoms with van der Waals surface area (Å²) in [5.41, 5.74) is -0.424. The zero-order chi connectivity index (χ0) is 11.2. The smallest absolute Gasteiger partial charge is 0.286 e. The van der Waals surface area contributed by atoms with Crippen LogP contribution in [0, 0.1) is 10.3 Å². The maximum atomic E-state index is 11.3. The van der Waals surface area contributed by atoms with Crippen LogP contribution in [0.2, 0.25) is 0 Å².